The monoisotopic (exact) mass is 300 g/mol. The lowest BCUT2D eigenvalue weighted by molar-refractivity contribution is 0.104. The number of alkyl halides is 1. The summed E-state index contributed by atoms with van der Waals surface area (Å²) in [5, 5.41) is 7.13. The van der Waals surface area contributed by atoms with E-state index in [1.807, 2.05) is 6.92 Å². The van der Waals surface area contributed by atoms with Crippen molar-refractivity contribution in [2.45, 2.75) is 97.4 Å². The molecule has 21 heavy (non-hydrogen) atoms. The van der Waals surface area contributed by atoms with Crippen molar-refractivity contribution in [1.82, 2.24) is 10.6 Å². The first kappa shape index (κ1) is 18.9. The van der Waals surface area contributed by atoms with Crippen molar-refractivity contribution in [3.8, 4) is 0 Å². The van der Waals surface area contributed by atoms with Gasteiger partial charge in [0, 0.05) is 5.54 Å². The van der Waals surface area contributed by atoms with Crippen molar-refractivity contribution in [3.63, 3.8) is 0 Å². The van der Waals surface area contributed by atoms with E-state index in [-0.39, 0.29) is 11.7 Å². The van der Waals surface area contributed by atoms with Crippen LogP contribution in [-0.2, 0) is 0 Å². The summed E-state index contributed by atoms with van der Waals surface area (Å²) < 4.78 is 14.4. The Balaban J connectivity index is 2.64. The second kappa shape index (κ2) is 9.09. The Bertz CT molecular complexity index is 280. The van der Waals surface area contributed by atoms with Crippen LogP contribution in [0.25, 0.3) is 0 Å². The highest BCUT2D eigenvalue weighted by atomic mass is 19.1. The van der Waals surface area contributed by atoms with E-state index in [1.165, 1.54) is 19.3 Å². The standard InChI is InChI=1S/C18H37FN2/c1-6-15(7-2)13-20-17(16(19)8-3)21-18(5)12-10-9-11-14(18)4/h14-17,20-21H,6-13H2,1-5H3/t14-,16?,17?,18?/m0/s1. The Morgan fingerprint density at radius 3 is 2.33 bits per heavy atom. The number of hydrogen-bond donors (Lipinski definition) is 2. The molecule has 3 heteroatoms. The third-order valence-corrected chi connectivity index (χ3v) is 5.69. The molecule has 0 aliphatic heterocycles. The highest BCUT2D eigenvalue weighted by molar-refractivity contribution is 4.94. The molecule has 0 spiro atoms. The topological polar surface area (TPSA) is 24.1 Å². The zero-order chi connectivity index (χ0) is 15.9. The van der Waals surface area contributed by atoms with Crippen molar-refractivity contribution in [2.75, 3.05) is 6.54 Å². The molecule has 0 bridgehead atoms. The minimum atomic E-state index is -0.815. The van der Waals surface area contributed by atoms with E-state index < -0.39 is 6.17 Å². The summed E-state index contributed by atoms with van der Waals surface area (Å²) >= 11 is 0. The van der Waals surface area contributed by atoms with E-state index in [1.54, 1.807) is 0 Å². The van der Waals surface area contributed by atoms with E-state index in [9.17, 15) is 4.39 Å². The molecule has 0 aromatic carbocycles. The zero-order valence-electron chi connectivity index (χ0n) is 14.8. The average Bonchev–Trinajstić information content (AvgIpc) is 2.49. The summed E-state index contributed by atoms with van der Waals surface area (Å²) in [5.41, 5.74) is 0.0728. The van der Waals surface area contributed by atoms with Gasteiger partial charge in [-0.25, -0.2) is 4.39 Å². The Kier molecular flexibility index (Phi) is 8.18. The smallest absolute Gasteiger partial charge is 0.128 e. The summed E-state index contributed by atoms with van der Waals surface area (Å²) in [6.45, 7) is 11.9. The van der Waals surface area contributed by atoms with E-state index >= 15 is 0 Å². The van der Waals surface area contributed by atoms with E-state index in [4.69, 9.17) is 0 Å². The molecule has 4 atom stereocenters. The fourth-order valence-electron chi connectivity index (χ4n) is 3.45. The van der Waals surface area contributed by atoms with Gasteiger partial charge in [-0.1, -0.05) is 53.4 Å². The Morgan fingerprint density at radius 1 is 1.14 bits per heavy atom. The number of hydrogen-bond acceptors (Lipinski definition) is 2. The van der Waals surface area contributed by atoms with Gasteiger partial charge >= 0.3 is 0 Å². The number of halogens is 1. The third kappa shape index (κ3) is 5.52. The molecule has 0 radical (unpaired) electrons. The molecule has 126 valence electrons. The highest BCUT2D eigenvalue weighted by Gasteiger charge is 2.36. The molecule has 2 N–H and O–H groups in total. The van der Waals surface area contributed by atoms with Crippen molar-refractivity contribution in [2.24, 2.45) is 11.8 Å². The van der Waals surface area contributed by atoms with Gasteiger partial charge in [0.25, 0.3) is 0 Å². The fraction of sp³-hybridized carbons (Fsp3) is 1.00. The molecule has 0 aromatic rings. The number of nitrogens with one attached hydrogen (secondary N) is 2. The maximum absolute atomic E-state index is 14.4. The van der Waals surface area contributed by atoms with Crippen LogP contribution in [0.5, 0.6) is 0 Å². The molecule has 0 amide bonds. The molecular formula is C18H37FN2. The Labute approximate surface area is 131 Å². The van der Waals surface area contributed by atoms with Crippen molar-refractivity contribution < 1.29 is 4.39 Å². The van der Waals surface area contributed by atoms with Crippen LogP contribution in [0.1, 0.15) is 79.6 Å². The first-order valence-corrected chi connectivity index (χ1v) is 9.11. The fourth-order valence-corrected chi connectivity index (χ4v) is 3.45. The molecule has 0 aromatic heterocycles. The summed E-state index contributed by atoms with van der Waals surface area (Å²) in [5.74, 6) is 1.27. The van der Waals surface area contributed by atoms with Gasteiger partial charge in [0.05, 0.1) is 6.17 Å². The summed E-state index contributed by atoms with van der Waals surface area (Å²) in [7, 11) is 0. The molecule has 1 aliphatic carbocycles. The largest absolute Gasteiger partial charge is 0.299 e. The van der Waals surface area contributed by atoms with Crippen molar-refractivity contribution >= 4 is 0 Å². The van der Waals surface area contributed by atoms with Crippen LogP contribution in [0.15, 0.2) is 0 Å². The highest BCUT2D eigenvalue weighted by Crippen LogP contribution is 2.33. The second-order valence-electron chi connectivity index (χ2n) is 7.20. The maximum atomic E-state index is 14.4. The van der Waals surface area contributed by atoms with Crippen LogP contribution < -0.4 is 10.6 Å². The van der Waals surface area contributed by atoms with Gasteiger partial charge in [-0.15, -0.1) is 0 Å². The van der Waals surface area contributed by atoms with E-state index in [2.05, 4.69) is 38.3 Å². The molecular weight excluding hydrogens is 263 g/mol. The summed E-state index contributed by atoms with van der Waals surface area (Å²) in [6, 6.07) is 0. The molecule has 0 saturated heterocycles. The SMILES string of the molecule is CCC(CC)CNC(NC1(C)CCCC[C@@H]1C)C(F)CC. The molecule has 3 unspecified atom stereocenters. The molecule has 1 fully saturated rings. The molecule has 1 rings (SSSR count). The summed E-state index contributed by atoms with van der Waals surface area (Å²) in [6.07, 6.45) is 6.86. The lowest BCUT2D eigenvalue weighted by atomic mass is 9.74. The lowest BCUT2D eigenvalue weighted by Gasteiger charge is -2.44. The van der Waals surface area contributed by atoms with E-state index in [0.29, 0.717) is 18.3 Å². The quantitative estimate of drug-likeness (QED) is 0.606. The van der Waals surface area contributed by atoms with E-state index in [0.717, 1.165) is 25.8 Å². The van der Waals surface area contributed by atoms with Gasteiger partial charge in [0.1, 0.15) is 6.17 Å². The Morgan fingerprint density at radius 2 is 1.81 bits per heavy atom. The van der Waals surface area contributed by atoms with Crippen LogP contribution in [0.3, 0.4) is 0 Å². The van der Waals surface area contributed by atoms with Gasteiger partial charge in [-0.05, 0) is 44.6 Å². The minimum Gasteiger partial charge on any atom is -0.299 e. The Hall–Kier alpha value is -0.150. The normalized spacial score (nSPS) is 29.6. The second-order valence-corrected chi connectivity index (χ2v) is 7.20. The average molecular weight is 301 g/mol. The van der Waals surface area contributed by atoms with Gasteiger partial charge < -0.3 is 0 Å². The molecule has 1 aliphatic rings. The van der Waals surface area contributed by atoms with Gasteiger partial charge in [0.2, 0.25) is 0 Å². The molecule has 2 nitrogen and oxygen atoms in total. The first-order chi connectivity index (χ1) is 9.96. The van der Waals surface area contributed by atoms with Crippen LogP contribution in [0.2, 0.25) is 0 Å². The zero-order valence-corrected chi connectivity index (χ0v) is 14.8. The van der Waals surface area contributed by atoms with Crippen LogP contribution >= 0.6 is 0 Å². The predicted molar refractivity (Wildman–Crippen MR) is 90.2 cm³/mol. The lowest BCUT2D eigenvalue weighted by Crippen LogP contribution is -2.61. The maximum Gasteiger partial charge on any atom is 0.128 e. The van der Waals surface area contributed by atoms with Gasteiger partial charge in [-0.2, -0.15) is 0 Å². The van der Waals surface area contributed by atoms with Crippen molar-refractivity contribution in [1.29, 1.82) is 0 Å². The molecule has 0 heterocycles. The third-order valence-electron chi connectivity index (χ3n) is 5.69. The molecule has 1 saturated carbocycles. The van der Waals surface area contributed by atoms with Crippen molar-refractivity contribution in [3.05, 3.63) is 0 Å². The van der Waals surface area contributed by atoms with Crippen LogP contribution in [-0.4, -0.2) is 24.4 Å². The van der Waals surface area contributed by atoms with Crippen LogP contribution in [0.4, 0.5) is 4.39 Å². The minimum absolute atomic E-state index is 0.0728. The number of rotatable bonds is 9. The predicted octanol–water partition coefficient (Wildman–Crippen LogP) is 4.64. The van der Waals surface area contributed by atoms with Gasteiger partial charge in [-0.3, -0.25) is 10.6 Å². The summed E-state index contributed by atoms with van der Waals surface area (Å²) in [4.78, 5) is 0. The van der Waals surface area contributed by atoms with Gasteiger partial charge in [0.15, 0.2) is 0 Å². The first-order valence-electron chi connectivity index (χ1n) is 9.11. The van der Waals surface area contributed by atoms with Crippen LogP contribution in [0, 0.1) is 11.8 Å².